The van der Waals surface area contributed by atoms with Crippen molar-refractivity contribution >= 4 is 11.9 Å². The predicted molar refractivity (Wildman–Crippen MR) is 70.9 cm³/mol. The molecule has 1 saturated carbocycles. The van der Waals surface area contributed by atoms with E-state index in [0.717, 1.165) is 32.1 Å². The van der Waals surface area contributed by atoms with Crippen molar-refractivity contribution in [2.24, 2.45) is 5.92 Å². The molecule has 1 amide bonds. The minimum absolute atomic E-state index is 0.0214. The molecule has 0 bridgehead atoms. The molecule has 20 heavy (non-hydrogen) atoms. The van der Waals surface area contributed by atoms with E-state index in [4.69, 9.17) is 0 Å². The fourth-order valence-electron chi connectivity index (χ4n) is 2.66. The van der Waals surface area contributed by atoms with Gasteiger partial charge in [0.15, 0.2) is 0 Å². The van der Waals surface area contributed by atoms with Crippen LogP contribution in [-0.4, -0.2) is 37.8 Å². The number of nitrogens with zero attached hydrogens (tertiary/aromatic N) is 3. The summed E-state index contributed by atoms with van der Waals surface area (Å²) in [6.45, 7) is 1.67. The summed E-state index contributed by atoms with van der Waals surface area (Å²) in [5.74, 6) is -1.28. The smallest absolute Gasteiger partial charge is 0.326 e. The van der Waals surface area contributed by atoms with Crippen molar-refractivity contribution in [3.8, 4) is 0 Å². The number of nitrogens with one attached hydrogen (secondary N) is 1. The average Bonchev–Trinajstić information content (AvgIpc) is 2.98. The van der Waals surface area contributed by atoms with Gasteiger partial charge in [0.25, 0.3) is 0 Å². The Morgan fingerprint density at radius 2 is 2.05 bits per heavy atom. The Morgan fingerprint density at radius 3 is 2.60 bits per heavy atom. The Labute approximate surface area is 117 Å². The van der Waals surface area contributed by atoms with E-state index in [1.807, 2.05) is 0 Å². The van der Waals surface area contributed by atoms with E-state index < -0.39 is 18.1 Å². The topological polar surface area (TPSA) is 97.1 Å². The number of carboxylic acid groups (broad SMARTS) is 1. The summed E-state index contributed by atoms with van der Waals surface area (Å²) in [6.07, 6.45) is 7.71. The highest BCUT2D eigenvalue weighted by atomic mass is 16.4. The van der Waals surface area contributed by atoms with Crippen LogP contribution in [0.25, 0.3) is 0 Å². The number of carbonyl (C=O) groups excluding carboxylic acids is 1. The number of rotatable bonds is 5. The minimum atomic E-state index is -0.962. The zero-order chi connectivity index (χ0) is 14.5. The van der Waals surface area contributed by atoms with Crippen molar-refractivity contribution in [3.05, 3.63) is 12.7 Å². The van der Waals surface area contributed by atoms with Crippen molar-refractivity contribution in [1.82, 2.24) is 20.1 Å². The Bertz CT molecular complexity index is 454. The largest absolute Gasteiger partial charge is 0.480 e. The van der Waals surface area contributed by atoms with E-state index in [-0.39, 0.29) is 11.8 Å². The quantitative estimate of drug-likeness (QED) is 0.838. The summed E-state index contributed by atoms with van der Waals surface area (Å²) >= 11 is 0. The summed E-state index contributed by atoms with van der Waals surface area (Å²) < 4.78 is 1.41. The van der Waals surface area contributed by atoms with Crippen LogP contribution in [-0.2, 0) is 9.59 Å². The fraction of sp³-hybridized carbons (Fsp3) is 0.692. The molecule has 0 spiro atoms. The van der Waals surface area contributed by atoms with Gasteiger partial charge >= 0.3 is 5.97 Å². The van der Waals surface area contributed by atoms with Gasteiger partial charge in [-0.25, -0.2) is 14.5 Å². The first-order chi connectivity index (χ1) is 9.59. The lowest BCUT2D eigenvalue weighted by atomic mass is 9.84. The summed E-state index contributed by atoms with van der Waals surface area (Å²) in [7, 11) is 0. The van der Waals surface area contributed by atoms with Gasteiger partial charge in [-0.3, -0.25) is 4.79 Å². The van der Waals surface area contributed by atoms with Gasteiger partial charge in [0, 0.05) is 0 Å². The summed E-state index contributed by atoms with van der Waals surface area (Å²) in [4.78, 5) is 27.3. The predicted octanol–water partition coefficient (Wildman–Crippen LogP) is 0.989. The third kappa shape index (κ3) is 3.34. The fourth-order valence-corrected chi connectivity index (χ4v) is 2.66. The highest BCUT2D eigenvalue weighted by molar-refractivity contribution is 5.85. The van der Waals surface area contributed by atoms with Crippen LogP contribution in [0.5, 0.6) is 0 Å². The number of carboxylic acids is 1. The SMILES string of the molecule is CC(C(=O)NC(C(=O)O)C1CCCCC1)n1cncn1. The second-order valence-corrected chi connectivity index (χ2v) is 5.27. The number of carbonyl (C=O) groups is 2. The normalized spacial score (nSPS) is 19.2. The molecule has 2 atom stereocenters. The van der Waals surface area contributed by atoms with E-state index in [0.29, 0.717) is 0 Å². The van der Waals surface area contributed by atoms with E-state index in [1.54, 1.807) is 6.92 Å². The molecule has 2 unspecified atom stereocenters. The van der Waals surface area contributed by atoms with Crippen LogP contribution < -0.4 is 5.32 Å². The third-order valence-electron chi connectivity index (χ3n) is 3.90. The second-order valence-electron chi connectivity index (χ2n) is 5.27. The van der Waals surface area contributed by atoms with Crippen LogP contribution in [0.1, 0.15) is 45.1 Å². The Morgan fingerprint density at radius 1 is 1.35 bits per heavy atom. The molecule has 1 aromatic rings. The van der Waals surface area contributed by atoms with Crippen molar-refractivity contribution < 1.29 is 14.7 Å². The lowest BCUT2D eigenvalue weighted by molar-refractivity contribution is -0.144. The molecule has 110 valence electrons. The first kappa shape index (κ1) is 14.5. The first-order valence-corrected chi connectivity index (χ1v) is 6.97. The molecule has 0 aromatic carbocycles. The zero-order valence-corrected chi connectivity index (χ0v) is 11.5. The molecule has 2 rings (SSSR count). The number of aromatic nitrogens is 3. The van der Waals surface area contributed by atoms with Gasteiger partial charge in [-0.15, -0.1) is 0 Å². The number of hydrogen-bond donors (Lipinski definition) is 2. The molecule has 2 N–H and O–H groups in total. The second kappa shape index (κ2) is 6.49. The monoisotopic (exact) mass is 280 g/mol. The molecule has 7 nitrogen and oxygen atoms in total. The van der Waals surface area contributed by atoms with Crippen LogP contribution in [0.4, 0.5) is 0 Å². The maximum absolute atomic E-state index is 12.1. The van der Waals surface area contributed by atoms with Gasteiger partial charge < -0.3 is 10.4 Å². The van der Waals surface area contributed by atoms with E-state index >= 15 is 0 Å². The maximum Gasteiger partial charge on any atom is 0.326 e. The lowest BCUT2D eigenvalue weighted by Crippen LogP contribution is -2.48. The van der Waals surface area contributed by atoms with Crippen LogP contribution in [0.15, 0.2) is 12.7 Å². The van der Waals surface area contributed by atoms with Crippen LogP contribution in [0.3, 0.4) is 0 Å². The molecule has 0 aliphatic heterocycles. The van der Waals surface area contributed by atoms with E-state index in [2.05, 4.69) is 15.4 Å². The first-order valence-electron chi connectivity index (χ1n) is 6.97. The van der Waals surface area contributed by atoms with Gasteiger partial charge in [0.2, 0.25) is 5.91 Å². The summed E-state index contributed by atoms with van der Waals surface area (Å²) in [5, 5.41) is 15.9. The molecular formula is C13H20N4O3. The van der Waals surface area contributed by atoms with Gasteiger partial charge in [-0.1, -0.05) is 19.3 Å². The number of aliphatic carboxylic acids is 1. The van der Waals surface area contributed by atoms with Crippen molar-refractivity contribution in [2.75, 3.05) is 0 Å². The average molecular weight is 280 g/mol. The van der Waals surface area contributed by atoms with Crippen LogP contribution >= 0.6 is 0 Å². The van der Waals surface area contributed by atoms with Gasteiger partial charge in [0.1, 0.15) is 24.7 Å². The van der Waals surface area contributed by atoms with Crippen molar-refractivity contribution in [1.29, 1.82) is 0 Å². The highest BCUT2D eigenvalue weighted by Crippen LogP contribution is 2.26. The van der Waals surface area contributed by atoms with E-state index in [9.17, 15) is 14.7 Å². The van der Waals surface area contributed by atoms with Crippen LogP contribution in [0.2, 0.25) is 0 Å². The maximum atomic E-state index is 12.1. The van der Waals surface area contributed by atoms with Crippen molar-refractivity contribution in [2.45, 2.75) is 51.1 Å². The third-order valence-corrected chi connectivity index (χ3v) is 3.90. The molecular weight excluding hydrogens is 260 g/mol. The summed E-state index contributed by atoms with van der Waals surface area (Å²) in [6, 6.07) is -1.38. The molecule has 1 aliphatic rings. The van der Waals surface area contributed by atoms with Crippen molar-refractivity contribution in [3.63, 3.8) is 0 Å². The molecule has 0 radical (unpaired) electrons. The van der Waals surface area contributed by atoms with Crippen LogP contribution in [0, 0.1) is 5.92 Å². The van der Waals surface area contributed by atoms with Gasteiger partial charge in [-0.05, 0) is 25.7 Å². The molecule has 1 heterocycles. The molecule has 1 aromatic heterocycles. The highest BCUT2D eigenvalue weighted by Gasteiger charge is 2.32. The zero-order valence-electron chi connectivity index (χ0n) is 11.5. The molecule has 1 aliphatic carbocycles. The van der Waals surface area contributed by atoms with Gasteiger partial charge in [0.05, 0.1) is 0 Å². The molecule has 7 heteroatoms. The minimum Gasteiger partial charge on any atom is -0.480 e. The van der Waals surface area contributed by atoms with Gasteiger partial charge in [-0.2, -0.15) is 5.10 Å². The number of hydrogen-bond acceptors (Lipinski definition) is 4. The lowest BCUT2D eigenvalue weighted by Gasteiger charge is -2.28. The Kier molecular flexibility index (Phi) is 4.70. The Balaban J connectivity index is 2.00. The number of amides is 1. The summed E-state index contributed by atoms with van der Waals surface area (Å²) in [5.41, 5.74) is 0. The molecule has 1 fully saturated rings. The Hall–Kier alpha value is -1.92. The van der Waals surface area contributed by atoms with E-state index in [1.165, 1.54) is 17.3 Å². The molecule has 0 saturated heterocycles. The standard InChI is InChI=1S/C13H20N4O3/c1-9(17-8-14-7-15-17)12(18)16-11(13(19)20)10-5-3-2-4-6-10/h7-11H,2-6H2,1H3,(H,16,18)(H,19,20).